The topological polar surface area (TPSA) is 110 Å². The number of piperidine rings is 1. The zero-order valence-corrected chi connectivity index (χ0v) is 20.0. The molecular weight excluding hydrogens is 468 g/mol. The Hall–Kier alpha value is -2.28. The molecule has 2 aromatic heterocycles. The van der Waals surface area contributed by atoms with Gasteiger partial charge in [-0.15, -0.1) is 16.4 Å². The second kappa shape index (κ2) is 10.1. The highest BCUT2D eigenvalue weighted by atomic mass is 32.2. The van der Waals surface area contributed by atoms with Crippen molar-refractivity contribution in [1.82, 2.24) is 24.5 Å². The van der Waals surface area contributed by atoms with Crippen molar-refractivity contribution < 1.29 is 13.2 Å². The number of thiophene rings is 1. The SMILES string of the molecule is CC(Sc1nnnn1Cc1cccs1)C(=O)Nc1ccc(S(=O)(=O)N2CCCCC2)cc1. The number of aromatic nitrogens is 4. The first-order chi connectivity index (χ1) is 15.4. The van der Waals surface area contributed by atoms with Gasteiger partial charge in [-0.05, 0) is 65.9 Å². The molecule has 0 bridgehead atoms. The van der Waals surface area contributed by atoms with Gasteiger partial charge in [0.2, 0.25) is 21.1 Å². The summed E-state index contributed by atoms with van der Waals surface area (Å²) in [6.07, 6.45) is 2.84. The van der Waals surface area contributed by atoms with E-state index in [1.54, 1.807) is 47.2 Å². The van der Waals surface area contributed by atoms with Gasteiger partial charge >= 0.3 is 0 Å². The summed E-state index contributed by atoms with van der Waals surface area (Å²) in [4.78, 5) is 14.0. The van der Waals surface area contributed by atoms with Crippen LogP contribution in [0, 0.1) is 0 Å². The normalized spacial score (nSPS) is 16.0. The van der Waals surface area contributed by atoms with Gasteiger partial charge in [-0.3, -0.25) is 4.79 Å². The average molecular weight is 493 g/mol. The van der Waals surface area contributed by atoms with Gasteiger partial charge in [0.25, 0.3) is 0 Å². The minimum Gasteiger partial charge on any atom is -0.325 e. The lowest BCUT2D eigenvalue weighted by Gasteiger charge is -2.25. The van der Waals surface area contributed by atoms with Gasteiger partial charge in [0.1, 0.15) is 0 Å². The first-order valence-corrected chi connectivity index (χ1v) is 13.5. The second-order valence-corrected chi connectivity index (χ2v) is 11.7. The molecule has 1 unspecified atom stereocenters. The third-order valence-electron chi connectivity index (χ3n) is 5.11. The van der Waals surface area contributed by atoms with Crippen LogP contribution >= 0.6 is 23.1 Å². The number of carbonyl (C=O) groups excluding carboxylic acids is 1. The van der Waals surface area contributed by atoms with Gasteiger partial charge in [-0.1, -0.05) is 24.2 Å². The monoisotopic (exact) mass is 492 g/mol. The molecule has 1 N–H and O–H groups in total. The van der Waals surface area contributed by atoms with Crippen LogP contribution in [0.3, 0.4) is 0 Å². The predicted molar refractivity (Wildman–Crippen MR) is 124 cm³/mol. The molecule has 3 heterocycles. The minimum absolute atomic E-state index is 0.215. The molecule has 0 radical (unpaired) electrons. The van der Waals surface area contributed by atoms with Crippen LogP contribution in [0.4, 0.5) is 5.69 Å². The Morgan fingerprint density at radius 1 is 1.19 bits per heavy atom. The highest BCUT2D eigenvalue weighted by molar-refractivity contribution is 8.00. The maximum absolute atomic E-state index is 12.8. The van der Waals surface area contributed by atoms with Gasteiger partial charge in [0.05, 0.1) is 16.7 Å². The van der Waals surface area contributed by atoms with Crippen LogP contribution in [0.2, 0.25) is 0 Å². The Bertz CT molecular complexity index is 1140. The summed E-state index contributed by atoms with van der Waals surface area (Å²) < 4.78 is 28.7. The lowest BCUT2D eigenvalue weighted by atomic mass is 10.2. The number of tetrazole rings is 1. The molecular formula is C20H24N6O3S3. The molecule has 4 rings (SSSR count). The molecule has 1 saturated heterocycles. The lowest BCUT2D eigenvalue weighted by Crippen LogP contribution is -2.35. The van der Waals surface area contributed by atoms with Crippen molar-refractivity contribution in [3.63, 3.8) is 0 Å². The van der Waals surface area contributed by atoms with Crippen molar-refractivity contribution in [3.8, 4) is 0 Å². The molecule has 1 aromatic carbocycles. The Morgan fingerprint density at radius 2 is 1.94 bits per heavy atom. The molecule has 1 aliphatic rings. The third-order valence-corrected chi connectivity index (χ3v) is 8.96. The number of amides is 1. The van der Waals surface area contributed by atoms with E-state index in [0.717, 1.165) is 24.1 Å². The summed E-state index contributed by atoms with van der Waals surface area (Å²) in [5.74, 6) is -0.215. The number of sulfonamides is 1. The van der Waals surface area contributed by atoms with Crippen LogP contribution in [0.15, 0.2) is 51.8 Å². The molecule has 0 aliphatic carbocycles. The smallest absolute Gasteiger partial charge is 0.243 e. The maximum atomic E-state index is 12.8. The van der Waals surface area contributed by atoms with E-state index in [0.29, 0.717) is 30.5 Å². The molecule has 170 valence electrons. The highest BCUT2D eigenvalue weighted by Crippen LogP contribution is 2.25. The summed E-state index contributed by atoms with van der Waals surface area (Å²) in [5.41, 5.74) is 0.540. The standard InChI is InChI=1S/C20H24N6O3S3/c1-15(31-20-22-23-24-26(20)14-17-6-5-13-30-17)19(27)21-16-7-9-18(10-8-16)32(28,29)25-11-3-2-4-12-25/h5-10,13,15H,2-4,11-12,14H2,1H3,(H,21,27). The summed E-state index contributed by atoms with van der Waals surface area (Å²) >= 11 is 2.89. The van der Waals surface area contributed by atoms with E-state index in [1.165, 1.54) is 16.1 Å². The van der Waals surface area contributed by atoms with Gasteiger partial charge in [-0.25, -0.2) is 13.1 Å². The van der Waals surface area contributed by atoms with E-state index in [9.17, 15) is 13.2 Å². The van der Waals surface area contributed by atoms with Crippen molar-refractivity contribution in [2.45, 2.75) is 48.0 Å². The number of thioether (sulfide) groups is 1. The highest BCUT2D eigenvalue weighted by Gasteiger charge is 2.26. The number of hydrogen-bond donors (Lipinski definition) is 1. The van der Waals surface area contributed by atoms with Gasteiger partial charge in [0.15, 0.2) is 0 Å². The number of nitrogens with zero attached hydrogens (tertiary/aromatic N) is 5. The fourth-order valence-electron chi connectivity index (χ4n) is 3.35. The molecule has 1 atom stereocenters. The number of rotatable bonds is 8. The molecule has 0 spiro atoms. The van der Waals surface area contributed by atoms with Crippen molar-refractivity contribution in [2.24, 2.45) is 0 Å². The number of benzene rings is 1. The summed E-state index contributed by atoms with van der Waals surface area (Å²) in [6, 6.07) is 10.3. The molecule has 9 nitrogen and oxygen atoms in total. The molecule has 3 aromatic rings. The Kier molecular flexibility index (Phi) is 7.23. The lowest BCUT2D eigenvalue weighted by molar-refractivity contribution is -0.115. The van der Waals surface area contributed by atoms with Crippen LogP contribution in [-0.4, -0.2) is 57.2 Å². The summed E-state index contributed by atoms with van der Waals surface area (Å²) in [6.45, 7) is 3.44. The molecule has 1 fully saturated rings. The van der Waals surface area contributed by atoms with Crippen molar-refractivity contribution >= 4 is 44.7 Å². The minimum atomic E-state index is -3.49. The summed E-state index contributed by atoms with van der Waals surface area (Å²) in [7, 11) is -3.49. The van der Waals surface area contributed by atoms with Gasteiger partial charge in [0, 0.05) is 23.7 Å². The Balaban J connectivity index is 1.36. The zero-order chi connectivity index (χ0) is 22.6. The predicted octanol–water partition coefficient (Wildman–Crippen LogP) is 3.08. The van der Waals surface area contributed by atoms with Crippen LogP contribution in [0.25, 0.3) is 0 Å². The fourth-order valence-corrected chi connectivity index (χ4v) is 6.34. The maximum Gasteiger partial charge on any atom is 0.243 e. The first-order valence-electron chi connectivity index (χ1n) is 10.3. The fraction of sp³-hybridized carbons (Fsp3) is 0.400. The molecule has 12 heteroatoms. The first kappa shape index (κ1) is 22.9. The molecule has 1 amide bonds. The largest absolute Gasteiger partial charge is 0.325 e. The van der Waals surface area contributed by atoms with E-state index in [-0.39, 0.29) is 10.8 Å². The summed E-state index contributed by atoms with van der Waals surface area (Å²) in [5, 5.41) is 16.7. The Morgan fingerprint density at radius 3 is 2.62 bits per heavy atom. The molecule has 0 saturated carbocycles. The molecule has 32 heavy (non-hydrogen) atoms. The average Bonchev–Trinajstić information content (AvgIpc) is 3.47. The van der Waals surface area contributed by atoms with Crippen molar-refractivity contribution in [2.75, 3.05) is 18.4 Å². The van der Waals surface area contributed by atoms with Crippen LogP contribution in [0.5, 0.6) is 0 Å². The van der Waals surface area contributed by atoms with E-state index >= 15 is 0 Å². The van der Waals surface area contributed by atoms with Crippen molar-refractivity contribution in [3.05, 3.63) is 46.7 Å². The van der Waals surface area contributed by atoms with E-state index in [1.807, 2.05) is 17.5 Å². The number of nitrogens with one attached hydrogen (secondary N) is 1. The van der Waals surface area contributed by atoms with Crippen LogP contribution < -0.4 is 5.32 Å². The van der Waals surface area contributed by atoms with Gasteiger partial charge < -0.3 is 5.32 Å². The van der Waals surface area contributed by atoms with Crippen molar-refractivity contribution in [1.29, 1.82) is 0 Å². The van der Waals surface area contributed by atoms with E-state index in [4.69, 9.17) is 0 Å². The molecule has 1 aliphatic heterocycles. The van der Waals surface area contributed by atoms with E-state index in [2.05, 4.69) is 20.8 Å². The zero-order valence-electron chi connectivity index (χ0n) is 17.5. The Labute approximate surface area is 195 Å². The number of anilines is 1. The number of hydrogen-bond acceptors (Lipinski definition) is 8. The number of carbonyl (C=O) groups is 1. The second-order valence-electron chi connectivity index (χ2n) is 7.44. The third kappa shape index (κ3) is 5.37. The van der Waals surface area contributed by atoms with Crippen LogP contribution in [0.1, 0.15) is 31.1 Å². The van der Waals surface area contributed by atoms with Crippen LogP contribution in [-0.2, 0) is 21.4 Å². The quantitative estimate of drug-likeness (QED) is 0.481. The van der Waals surface area contributed by atoms with Gasteiger partial charge in [-0.2, -0.15) is 4.31 Å². The van der Waals surface area contributed by atoms with E-state index < -0.39 is 15.3 Å².